The molecule has 3 N–H and O–H groups in total. The van der Waals surface area contributed by atoms with Crippen LogP contribution in [0.25, 0.3) is 0 Å². The Balaban J connectivity index is 0.00000225. The minimum Gasteiger partial charge on any atom is -0.492 e. The van der Waals surface area contributed by atoms with Crippen LogP contribution in [0.15, 0.2) is 30.3 Å². The van der Waals surface area contributed by atoms with Crippen LogP contribution in [-0.2, 0) is 17.8 Å². The van der Waals surface area contributed by atoms with Gasteiger partial charge in [0.2, 0.25) is 5.91 Å². The molecule has 4 rings (SSSR count). The minimum atomic E-state index is -0.226. The van der Waals surface area contributed by atoms with Crippen molar-refractivity contribution < 1.29 is 14.3 Å². The van der Waals surface area contributed by atoms with Gasteiger partial charge >= 0.3 is 0 Å². The van der Waals surface area contributed by atoms with Gasteiger partial charge in [0.15, 0.2) is 5.69 Å². The molecule has 8 nitrogen and oxygen atoms in total. The Labute approximate surface area is 169 Å². The van der Waals surface area contributed by atoms with Crippen molar-refractivity contribution in [3.63, 3.8) is 0 Å². The Hall–Kier alpha value is -2.58. The SMILES string of the molecule is Cl.O=C(NC1CC(=O)N(CCOc2ccccc2)C1)c1n[nH]c2c1CNCC2. The summed E-state index contributed by atoms with van der Waals surface area (Å²) >= 11 is 0. The van der Waals surface area contributed by atoms with E-state index >= 15 is 0 Å². The molecule has 0 aliphatic carbocycles. The Morgan fingerprint density at radius 3 is 2.96 bits per heavy atom. The summed E-state index contributed by atoms with van der Waals surface area (Å²) in [6.45, 7) is 2.94. The van der Waals surface area contributed by atoms with Gasteiger partial charge in [-0.25, -0.2) is 0 Å². The summed E-state index contributed by atoms with van der Waals surface area (Å²) in [6, 6.07) is 9.31. The average Bonchev–Trinajstić information content (AvgIpc) is 3.26. The summed E-state index contributed by atoms with van der Waals surface area (Å²) in [5, 5.41) is 13.3. The number of hydrogen-bond acceptors (Lipinski definition) is 5. The number of carbonyl (C=O) groups excluding carboxylic acids is 2. The summed E-state index contributed by atoms with van der Waals surface area (Å²) in [7, 11) is 0. The standard InChI is InChI=1S/C19H23N5O3.ClH/c25-17-10-13(12-24(17)8-9-27-14-4-2-1-3-5-14)21-19(26)18-15-11-20-7-6-16(15)22-23-18;/h1-5,13,20H,6-12H2,(H,21,26)(H,22,23);1H. The van der Waals surface area contributed by atoms with E-state index in [2.05, 4.69) is 20.8 Å². The molecule has 0 saturated carbocycles. The first-order chi connectivity index (χ1) is 13.2. The molecule has 9 heteroatoms. The quantitative estimate of drug-likeness (QED) is 0.662. The molecule has 28 heavy (non-hydrogen) atoms. The molecule has 150 valence electrons. The largest absolute Gasteiger partial charge is 0.492 e. The predicted molar refractivity (Wildman–Crippen MR) is 106 cm³/mol. The minimum absolute atomic E-state index is 0. The number of nitrogens with zero attached hydrogens (tertiary/aromatic N) is 2. The van der Waals surface area contributed by atoms with Crippen LogP contribution in [0.2, 0.25) is 0 Å². The molecule has 1 aromatic heterocycles. The van der Waals surface area contributed by atoms with Gasteiger partial charge in [0, 0.05) is 43.7 Å². The molecule has 1 fully saturated rings. The van der Waals surface area contributed by atoms with Crippen molar-refractivity contribution in [1.82, 2.24) is 25.7 Å². The molecular weight excluding hydrogens is 382 g/mol. The number of likely N-dealkylation sites (tertiary alicyclic amines) is 1. The highest BCUT2D eigenvalue weighted by atomic mass is 35.5. The van der Waals surface area contributed by atoms with Gasteiger partial charge in [-0.05, 0) is 12.1 Å². The number of aromatic nitrogens is 2. The molecule has 1 aromatic carbocycles. The maximum absolute atomic E-state index is 12.6. The fraction of sp³-hybridized carbons (Fsp3) is 0.421. The molecular formula is C19H24ClN5O3. The second kappa shape index (κ2) is 9.07. The fourth-order valence-electron chi connectivity index (χ4n) is 3.54. The lowest BCUT2D eigenvalue weighted by atomic mass is 10.1. The zero-order valence-electron chi connectivity index (χ0n) is 15.4. The normalized spacial score (nSPS) is 18.4. The van der Waals surface area contributed by atoms with Crippen LogP contribution >= 0.6 is 12.4 Å². The molecule has 2 aromatic rings. The molecule has 2 aliphatic rings. The highest BCUT2D eigenvalue weighted by Crippen LogP contribution is 2.17. The number of rotatable bonds is 6. The van der Waals surface area contributed by atoms with E-state index in [4.69, 9.17) is 4.74 Å². The van der Waals surface area contributed by atoms with Gasteiger partial charge in [0.05, 0.1) is 12.6 Å². The topological polar surface area (TPSA) is 99.3 Å². The number of para-hydroxylation sites is 1. The molecule has 0 bridgehead atoms. The first-order valence-electron chi connectivity index (χ1n) is 9.24. The summed E-state index contributed by atoms with van der Waals surface area (Å²) < 4.78 is 5.65. The van der Waals surface area contributed by atoms with Gasteiger partial charge in [-0.1, -0.05) is 18.2 Å². The van der Waals surface area contributed by atoms with E-state index in [1.54, 1.807) is 4.90 Å². The van der Waals surface area contributed by atoms with Crippen molar-refractivity contribution in [2.75, 3.05) is 26.2 Å². The van der Waals surface area contributed by atoms with E-state index < -0.39 is 0 Å². The molecule has 0 radical (unpaired) electrons. The van der Waals surface area contributed by atoms with Crippen LogP contribution in [0.4, 0.5) is 0 Å². The predicted octanol–water partition coefficient (Wildman–Crippen LogP) is 0.887. The third-order valence-electron chi connectivity index (χ3n) is 4.94. The number of halogens is 1. The number of hydrogen-bond donors (Lipinski definition) is 3. The third kappa shape index (κ3) is 4.45. The first kappa shape index (κ1) is 20.2. The highest BCUT2D eigenvalue weighted by Gasteiger charge is 2.32. The van der Waals surface area contributed by atoms with E-state index in [0.29, 0.717) is 38.4 Å². The van der Waals surface area contributed by atoms with Crippen LogP contribution in [-0.4, -0.2) is 59.2 Å². The van der Waals surface area contributed by atoms with Gasteiger partial charge in [0.1, 0.15) is 12.4 Å². The molecule has 2 amide bonds. The van der Waals surface area contributed by atoms with E-state index in [0.717, 1.165) is 30.0 Å². The number of amides is 2. The monoisotopic (exact) mass is 405 g/mol. The van der Waals surface area contributed by atoms with E-state index in [1.165, 1.54) is 0 Å². The molecule has 1 unspecified atom stereocenters. The number of benzene rings is 1. The Morgan fingerprint density at radius 1 is 1.32 bits per heavy atom. The number of ether oxygens (including phenoxy) is 1. The lowest BCUT2D eigenvalue weighted by molar-refractivity contribution is -0.128. The van der Waals surface area contributed by atoms with E-state index in [1.807, 2.05) is 30.3 Å². The van der Waals surface area contributed by atoms with Gasteiger partial charge in [-0.15, -0.1) is 12.4 Å². The third-order valence-corrected chi connectivity index (χ3v) is 4.94. The lowest BCUT2D eigenvalue weighted by Crippen LogP contribution is -2.38. The van der Waals surface area contributed by atoms with Crippen molar-refractivity contribution >= 4 is 24.2 Å². The molecule has 0 spiro atoms. The Bertz CT molecular complexity index is 826. The van der Waals surface area contributed by atoms with E-state index in [-0.39, 0.29) is 30.3 Å². The maximum atomic E-state index is 12.6. The number of aromatic amines is 1. The number of nitrogens with one attached hydrogen (secondary N) is 3. The second-order valence-electron chi connectivity index (χ2n) is 6.83. The van der Waals surface area contributed by atoms with Crippen molar-refractivity contribution in [2.45, 2.75) is 25.4 Å². The van der Waals surface area contributed by atoms with Crippen molar-refractivity contribution in [3.05, 3.63) is 47.3 Å². The zero-order chi connectivity index (χ0) is 18.6. The first-order valence-corrected chi connectivity index (χ1v) is 9.24. The molecule has 1 saturated heterocycles. The number of fused-ring (bicyclic) bond motifs is 1. The summed E-state index contributed by atoms with van der Waals surface area (Å²) in [5.74, 6) is 0.588. The Morgan fingerprint density at radius 2 is 2.14 bits per heavy atom. The Kier molecular flexibility index (Phi) is 6.53. The molecule has 3 heterocycles. The van der Waals surface area contributed by atoms with Gasteiger partial charge in [0.25, 0.3) is 5.91 Å². The van der Waals surface area contributed by atoms with Gasteiger partial charge in [-0.3, -0.25) is 14.7 Å². The van der Waals surface area contributed by atoms with Crippen LogP contribution < -0.4 is 15.4 Å². The van der Waals surface area contributed by atoms with Crippen LogP contribution in [0, 0.1) is 0 Å². The van der Waals surface area contributed by atoms with Crippen LogP contribution in [0.3, 0.4) is 0 Å². The lowest BCUT2D eigenvalue weighted by Gasteiger charge is -2.17. The summed E-state index contributed by atoms with van der Waals surface area (Å²) in [6.07, 6.45) is 1.15. The number of H-pyrrole nitrogens is 1. The second-order valence-corrected chi connectivity index (χ2v) is 6.83. The van der Waals surface area contributed by atoms with Gasteiger partial charge in [-0.2, -0.15) is 5.10 Å². The zero-order valence-corrected chi connectivity index (χ0v) is 16.3. The van der Waals surface area contributed by atoms with Crippen molar-refractivity contribution in [2.24, 2.45) is 0 Å². The average molecular weight is 406 g/mol. The van der Waals surface area contributed by atoms with Gasteiger partial charge < -0.3 is 20.3 Å². The highest BCUT2D eigenvalue weighted by molar-refractivity contribution is 5.95. The smallest absolute Gasteiger partial charge is 0.272 e. The van der Waals surface area contributed by atoms with Crippen molar-refractivity contribution in [1.29, 1.82) is 0 Å². The fourth-order valence-corrected chi connectivity index (χ4v) is 3.54. The molecule has 2 aliphatic heterocycles. The van der Waals surface area contributed by atoms with Crippen molar-refractivity contribution in [3.8, 4) is 5.75 Å². The summed E-state index contributed by atoms with van der Waals surface area (Å²) in [4.78, 5) is 26.5. The molecule has 1 atom stereocenters. The maximum Gasteiger partial charge on any atom is 0.272 e. The van der Waals surface area contributed by atoms with Crippen LogP contribution in [0.5, 0.6) is 5.75 Å². The number of carbonyl (C=O) groups is 2. The van der Waals surface area contributed by atoms with E-state index in [9.17, 15) is 9.59 Å². The summed E-state index contributed by atoms with van der Waals surface area (Å²) in [5.41, 5.74) is 2.37. The van der Waals surface area contributed by atoms with Crippen LogP contribution in [0.1, 0.15) is 28.2 Å².